The van der Waals surface area contributed by atoms with Gasteiger partial charge in [-0.05, 0) is 52.9 Å². The van der Waals surface area contributed by atoms with Crippen molar-refractivity contribution >= 4 is 21.8 Å². The molecule has 0 radical (unpaired) electrons. The summed E-state index contributed by atoms with van der Waals surface area (Å²) in [5.41, 5.74) is 0.580. The number of aliphatic hydroxyl groups excluding tert-OH is 1. The number of piperidine rings is 1. The standard InChI is InChI=1S/C15H20BrNO3/c1-10-4-3-7-17(14(10)9-18)15(19)12-8-11(20-2)5-6-13(12)16/h5-6,8,10,14,18H,3-4,7,9H2,1-2H3. The molecular weight excluding hydrogens is 322 g/mol. The van der Waals surface area contributed by atoms with Crippen LogP contribution in [0.15, 0.2) is 22.7 Å². The Morgan fingerprint density at radius 3 is 2.95 bits per heavy atom. The number of likely N-dealkylation sites (tertiary alicyclic amines) is 1. The molecule has 0 bridgehead atoms. The average molecular weight is 342 g/mol. The molecule has 0 aliphatic carbocycles. The van der Waals surface area contributed by atoms with Crippen molar-refractivity contribution in [1.82, 2.24) is 4.90 Å². The number of ether oxygens (including phenoxy) is 1. The first-order chi connectivity index (χ1) is 9.58. The zero-order valence-electron chi connectivity index (χ0n) is 11.8. The fourth-order valence-corrected chi connectivity index (χ4v) is 3.15. The Balaban J connectivity index is 2.30. The van der Waals surface area contributed by atoms with Crippen LogP contribution in [0.1, 0.15) is 30.1 Å². The summed E-state index contributed by atoms with van der Waals surface area (Å²) in [6.07, 6.45) is 2.03. The Labute approximate surface area is 127 Å². The molecule has 1 aliphatic rings. The first kappa shape index (κ1) is 15.3. The molecule has 1 amide bonds. The van der Waals surface area contributed by atoms with E-state index in [0.717, 1.165) is 17.3 Å². The lowest BCUT2D eigenvalue weighted by Gasteiger charge is -2.39. The van der Waals surface area contributed by atoms with Crippen molar-refractivity contribution in [3.05, 3.63) is 28.2 Å². The number of amides is 1. The number of rotatable bonds is 3. The molecule has 1 fully saturated rings. The zero-order valence-corrected chi connectivity index (χ0v) is 13.4. The summed E-state index contributed by atoms with van der Waals surface area (Å²) in [5.74, 6) is 0.922. The summed E-state index contributed by atoms with van der Waals surface area (Å²) in [7, 11) is 1.58. The Hall–Kier alpha value is -1.07. The Morgan fingerprint density at radius 2 is 2.30 bits per heavy atom. The van der Waals surface area contributed by atoms with Crippen molar-refractivity contribution in [3.63, 3.8) is 0 Å². The third-order valence-electron chi connectivity index (χ3n) is 3.97. The number of carbonyl (C=O) groups is 1. The number of benzene rings is 1. The molecule has 4 nitrogen and oxygen atoms in total. The number of hydrogen-bond donors (Lipinski definition) is 1. The molecule has 2 unspecified atom stereocenters. The van der Waals surface area contributed by atoms with Gasteiger partial charge >= 0.3 is 0 Å². The van der Waals surface area contributed by atoms with Crippen molar-refractivity contribution in [2.45, 2.75) is 25.8 Å². The van der Waals surface area contributed by atoms with E-state index < -0.39 is 0 Å². The van der Waals surface area contributed by atoms with Crippen LogP contribution in [0.25, 0.3) is 0 Å². The molecule has 1 heterocycles. The van der Waals surface area contributed by atoms with Gasteiger partial charge in [-0.1, -0.05) is 6.92 Å². The number of methoxy groups -OCH3 is 1. The third-order valence-corrected chi connectivity index (χ3v) is 4.66. The molecule has 1 aromatic rings. The Kier molecular flexibility index (Phi) is 5.05. The monoisotopic (exact) mass is 341 g/mol. The number of halogens is 1. The van der Waals surface area contributed by atoms with E-state index in [0.29, 0.717) is 23.8 Å². The fraction of sp³-hybridized carbons (Fsp3) is 0.533. The zero-order chi connectivity index (χ0) is 14.7. The first-order valence-electron chi connectivity index (χ1n) is 6.83. The second-order valence-corrected chi connectivity index (χ2v) is 6.07. The summed E-state index contributed by atoms with van der Waals surface area (Å²) in [6.45, 7) is 2.79. The van der Waals surface area contributed by atoms with Gasteiger partial charge in [0, 0.05) is 11.0 Å². The van der Waals surface area contributed by atoms with Gasteiger partial charge in [-0.15, -0.1) is 0 Å². The second-order valence-electron chi connectivity index (χ2n) is 5.21. The maximum atomic E-state index is 12.7. The van der Waals surface area contributed by atoms with Gasteiger partial charge in [0.25, 0.3) is 5.91 Å². The predicted molar refractivity (Wildman–Crippen MR) is 81.0 cm³/mol. The van der Waals surface area contributed by atoms with Crippen LogP contribution in [0.3, 0.4) is 0 Å². The highest BCUT2D eigenvalue weighted by Crippen LogP contribution is 2.28. The molecule has 2 rings (SSSR count). The van der Waals surface area contributed by atoms with Crippen molar-refractivity contribution in [2.75, 3.05) is 20.3 Å². The van der Waals surface area contributed by atoms with Gasteiger partial charge < -0.3 is 14.7 Å². The van der Waals surface area contributed by atoms with Crippen LogP contribution < -0.4 is 4.74 Å². The number of aliphatic hydroxyl groups is 1. The van der Waals surface area contributed by atoms with E-state index in [-0.39, 0.29) is 18.6 Å². The SMILES string of the molecule is COc1ccc(Br)c(C(=O)N2CCCC(C)C2CO)c1. The fourth-order valence-electron chi connectivity index (χ4n) is 2.73. The molecule has 1 aliphatic heterocycles. The molecule has 2 atom stereocenters. The molecular formula is C15H20BrNO3. The van der Waals surface area contributed by atoms with E-state index in [1.165, 1.54) is 0 Å². The summed E-state index contributed by atoms with van der Waals surface area (Å²) in [4.78, 5) is 14.5. The van der Waals surface area contributed by atoms with Crippen LogP contribution in [0.5, 0.6) is 5.75 Å². The van der Waals surface area contributed by atoms with Crippen molar-refractivity contribution in [1.29, 1.82) is 0 Å². The number of hydrogen-bond acceptors (Lipinski definition) is 3. The smallest absolute Gasteiger partial charge is 0.255 e. The van der Waals surface area contributed by atoms with Gasteiger partial charge in [0.15, 0.2) is 0 Å². The molecule has 1 saturated heterocycles. The van der Waals surface area contributed by atoms with Gasteiger partial charge in [0.1, 0.15) is 5.75 Å². The molecule has 0 saturated carbocycles. The third kappa shape index (κ3) is 2.99. The predicted octanol–water partition coefficient (Wildman–Crippen LogP) is 2.69. The van der Waals surface area contributed by atoms with E-state index in [1.807, 2.05) is 12.1 Å². The summed E-state index contributed by atoms with van der Waals surface area (Å²) in [5, 5.41) is 9.57. The largest absolute Gasteiger partial charge is 0.497 e. The van der Waals surface area contributed by atoms with Crippen LogP contribution in [-0.4, -0.2) is 42.2 Å². The van der Waals surface area contributed by atoms with E-state index in [2.05, 4.69) is 22.9 Å². The minimum Gasteiger partial charge on any atom is -0.497 e. The molecule has 0 aromatic heterocycles. The van der Waals surface area contributed by atoms with E-state index in [9.17, 15) is 9.90 Å². The van der Waals surface area contributed by atoms with Crippen LogP contribution in [0, 0.1) is 5.92 Å². The van der Waals surface area contributed by atoms with Crippen molar-refractivity contribution < 1.29 is 14.6 Å². The lowest BCUT2D eigenvalue weighted by atomic mass is 9.90. The van der Waals surface area contributed by atoms with Gasteiger partial charge in [-0.2, -0.15) is 0 Å². The Morgan fingerprint density at radius 1 is 1.55 bits per heavy atom. The minimum atomic E-state index is -0.102. The van der Waals surface area contributed by atoms with Crippen LogP contribution in [0.4, 0.5) is 0 Å². The van der Waals surface area contributed by atoms with Gasteiger partial charge in [0.2, 0.25) is 0 Å². The lowest BCUT2D eigenvalue weighted by molar-refractivity contribution is 0.0357. The minimum absolute atomic E-state index is 0.00843. The number of nitrogens with zero attached hydrogens (tertiary/aromatic N) is 1. The lowest BCUT2D eigenvalue weighted by Crippen LogP contribution is -2.49. The maximum Gasteiger partial charge on any atom is 0.255 e. The van der Waals surface area contributed by atoms with E-state index in [4.69, 9.17) is 4.74 Å². The first-order valence-corrected chi connectivity index (χ1v) is 7.63. The van der Waals surface area contributed by atoms with Crippen molar-refractivity contribution in [2.24, 2.45) is 5.92 Å². The van der Waals surface area contributed by atoms with Gasteiger partial charge in [-0.25, -0.2) is 0 Å². The number of carbonyl (C=O) groups excluding carboxylic acids is 1. The van der Waals surface area contributed by atoms with E-state index >= 15 is 0 Å². The van der Waals surface area contributed by atoms with Gasteiger partial charge in [-0.3, -0.25) is 4.79 Å². The topological polar surface area (TPSA) is 49.8 Å². The molecule has 1 aromatic carbocycles. The molecule has 110 valence electrons. The highest BCUT2D eigenvalue weighted by molar-refractivity contribution is 9.10. The average Bonchev–Trinajstić information content (AvgIpc) is 2.46. The summed E-state index contributed by atoms with van der Waals surface area (Å²) < 4.78 is 5.93. The quantitative estimate of drug-likeness (QED) is 0.919. The van der Waals surface area contributed by atoms with E-state index in [1.54, 1.807) is 18.1 Å². The maximum absolute atomic E-state index is 12.7. The second kappa shape index (κ2) is 6.59. The van der Waals surface area contributed by atoms with Crippen LogP contribution >= 0.6 is 15.9 Å². The molecule has 0 spiro atoms. The molecule has 20 heavy (non-hydrogen) atoms. The van der Waals surface area contributed by atoms with Crippen LogP contribution in [0.2, 0.25) is 0 Å². The summed E-state index contributed by atoms with van der Waals surface area (Å²) in [6, 6.07) is 5.26. The normalized spacial score (nSPS) is 22.7. The highest BCUT2D eigenvalue weighted by atomic mass is 79.9. The van der Waals surface area contributed by atoms with Crippen molar-refractivity contribution in [3.8, 4) is 5.75 Å². The van der Waals surface area contributed by atoms with Gasteiger partial charge in [0.05, 0.1) is 25.3 Å². The highest BCUT2D eigenvalue weighted by Gasteiger charge is 2.32. The summed E-state index contributed by atoms with van der Waals surface area (Å²) >= 11 is 3.42. The Bertz CT molecular complexity index is 492. The molecule has 1 N–H and O–H groups in total. The van der Waals surface area contributed by atoms with Crippen LogP contribution in [-0.2, 0) is 0 Å². The molecule has 5 heteroatoms.